The van der Waals surface area contributed by atoms with Crippen LogP contribution < -0.4 is 5.32 Å². The van der Waals surface area contributed by atoms with E-state index >= 15 is 0 Å². The summed E-state index contributed by atoms with van der Waals surface area (Å²) in [6.07, 6.45) is 0. The minimum Gasteiger partial charge on any atom is -0.347 e. The van der Waals surface area contributed by atoms with Crippen LogP contribution in [0.2, 0.25) is 0 Å². The highest BCUT2D eigenvalue weighted by molar-refractivity contribution is 5.83. The summed E-state index contributed by atoms with van der Waals surface area (Å²) in [6.45, 7) is 3.76. The number of likely N-dealkylation sites (N-methyl/N-ethyl adjacent to an activating group) is 1. The lowest BCUT2D eigenvalue weighted by molar-refractivity contribution is -0.129. The van der Waals surface area contributed by atoms with Crippen LogP contribution >= 0.6 is 0 Å². The molecule has 0 aliphatic rings. The minimum atomic E-state index is -0.420. The maximum atomic E-state index is 11.7. The number of carbonyl (C=O) groups is 1. The van der Waals surface area contributed by atoms with Crippen LogP contribution in [0.15, 0.2) is 28.8 Å². The molecule has 6 heteroatoms. The maximum Gasteiger partial charge on any atom is 0.322 e. The largest absolute Gasteiger partial charge is 0.347 e. The molecule has 0 radical (unpaired) electrons. The molecule has 1 amide bonds. The number of rotatable bonds is 4. The Morgan fingerprint density at radius 2 is 1.95 bits per heavy atom. The van der Waals surface area contributed by atoms with Gasteiger partial charge in [-0.1, -0.05) is 35.0 Å². The average molecular weight is 274 g/mol. The number of amides is 1. The van der Waals surface area contributed by atoms with Crippen molar-refractivity contribution in [1.82, 2.24) is 15.0 Å². The van der Waals surface area contributed by atoms with Crippen molar-refractivity contribution < 1.29 is 9.32 Å². The molecule has 0 spiro atoms. The molecule has 0 bridgehead atoms. The quantitative estimate of drug-likeness (QED) is 0.922. The van der Waals surface area contributed by atoms with Gasteiger partial charge in [-0.2, -0.15) is 4.98 Å². The van der Waals surface area contributed by atoms with Gasteiger partial charge < -0.3 is 14.7 Å². The number of nitrogens with one attached hydrogen (secondary N) is 1. The predicted octanol–water partition coefficient (Wildman–Crippen LogP) is 1.93. The summed E-state index contributed by atoms with van der Waals surface area (Å²) < 4.78 is 5.11. The smallest absolute Gasteiger partial charge is 0.322 e. The topological polar surface area (TPSA) is 71.3 Å². The van der Waals surface area contributed by atoms with E-state index in [0.717, 1.165) is 5.56 Å². The number of hydrogen-bond donors (Lipinski definition) is 1. The summed E-state index contributed by atoms with van der Waals surface area (Å²) in [5.74, 6) is 0.442. The monoisotopic (exact) mass is 274 g/mol. The van der Waals surface area contributed by atoms with Gasteiger partial charge in [0.1, 0.15) is 6.04 Å². The highest BCUT2D eigenvalue weighted by Crippen LogP contribution is 2.18. The van der Waals surface area contributed by atoms with E-state index in [0.29, 0.717) is 5.82 Å². The summed E-state index contributed by atoms with van der Waals surface area (Å²) in [5.41, 5.74) is 2.04. The molecule has 20 heavy (non-hydrogen) atoms. The molecule has 1 heterocycles. The number of anilines is 1. The van der Waals surface area contributed by atoms with Crippen molar-refractivity contribution in [1.29, 1.82) is 0 Å². The van der Waals surface area contributed by atoms with Gasteiger partial charge in [0.2, 0.25) is 11.7 Å². The number of nitrogens with zero attached hydrogens (tertiary/aromatic N) is 3. The molecule has 2 rings (SSSR count). The zero-order chi connectivity index (χ0) is 14.7. The van der Waals surface area contributed by atoms with Crippen LogP contribution in [0.25, 0.3) is 11.4 Å². The van der Waals surface area contributed by atoms with E-state index in [1.807, 2.05) is 31.2 Å². The van der Waals surface area contributed by atoms with Gasteiger partial charge in [0.15, 0.2) is 0 Å². The molecule has 0 aliphatic heterocycles. The molecule has 0 unspecified atom stereocenters. The average Bonchev–Trinajstić information content (AvgIpc) is 2.87. The predicted molar refractivity (Wildman–Crippen MR) is 76.2 cm³/mol. The summed E-state index contributed by atoms with van der Waals surface area (Å²) in [4.78, 5) is 17.5. The number of hydrogen-bond acceptors (Lipinski definition) is 5. The first kappa shape index (κ1) is 14.0. The van der Waals surface area contributed by atoms with Crippen LogP contribution in [-0.4, -0.2) is 41.1 Å². The molecule has 2 aromatic rings. The third kappa shape index (κ3) is 3.14. The standard InChI is InChI=1S/C14H18N4O2/c1-9-5-7-11(8-6-9)12-16-14(20-17-12)15-10(2)13(19)18(3)4/h5-8,10H,1-4H3,(H,15,16,17)/t10-/m0/s1. The molecule has 0 saturated heterocycles. The first-order valence-corrected chi connectivity index (χ1v) is 6.36. The number of aromatic nitrogens is 2. The lowest BCUT2D eigenvalue weighted by Crippen LogP contribution is -2.36. The zero-order valence-electron chi connectivity index (χ0n) is 12.0. The van der Waals surface area contributed by atoms with E-state index in [1.54, 1.807) is 21.0 Å². The van der Waals surface area contributed by atoms with E-state index < -0.39 is 6.04 Å². The summed E-state index contributed by atoms with van der Waals surface area (Å²) in [7, 11) is 3.40. The normalized spacial score (nSPS) is 12.0. The third-order valence-corrected chi connectivity index (χ3v) is 2.89. The van der Waals surface area contributed by atoms with Crippen LogP contribution in [0.4, 0.5) is 6.01 Å². The number of aryl methyl sites for hydroxylation is 1. The van der Waals surface area contributed by atoms with Crippen molar-refractivity contribution in [2.24, 2.45) is 0 Å². The van der Waals surface area contributed by atoms with E-state index in [1.165, 1.54) is 10.5 Å². The Labute approximate surface area is 117 Å². The van der Waals surface area contributed by atoms with E-state index in [9.17, 15) is 4.79 Å². The fourth-order valence-corrected chi connectivity index (χ4v) is 1.74. The molecule has 0 saturated carbocycles. The Hall–Kier alpha value is -2.37. The van der Waals surface area contributed by atoms with Crippen molar-refractivity contribution in [3.63, 3.8) is 0 Å². The summed E-state index contributed by atoms with van der Waals surface area (Å²) in [6, 6.07) is 7.64. The van der Waals surface area contributed by atoms with Crippen LogP contribution in [0, 0.1) is 6.92 Å². The molecule has 6 nitrogen and oxygen atoms in total. The Bertz CT molecular complexity index is 589. The summed E-state index contributed by atoms with van der Waals surface area (Å²) in [5, 5.41) is 6.79. The first-order chi connectivity index (χ1) is 9.47. The first-order valence-electron chi connectivity index (χ1n) is 6.36. The van der Waals surface area contributed by atoms with Crippen molar-refractivity contribution in [3.8, 4) is 11.4 Å². The second kappa shape index (κ2) is 5.73. The SMILES string of the molecule is Cc1ccc(-c2noc(N[C@@H](C)C(=O)N(C)C)n2)cc1. The molecular formula is C14H18N4O2. The maximum absolute atomic E-state index is 11.7. The molecule has 1 aromatic heterocycles. The van der Waals surface area contributed by atoms with Crippen LogP contribution in [-0.2, 0) is 4.79 Å². The van der Waals surface area contributed by atoms with Crippen LogP contribution in [0.3, 0.4) is 0 Å². The van der Waals surface area contributed by atoms with Gasteiger partial charge in [-0.15, -0.1) is 0 Å². The van der Waals surface area contributed by atoms with Crippen molar-refractivity contribution in [2.45, 2.75) is 19.9 Å². The van der Waals surface area contributed by atoms with Gasteiger partial charge in [0, 0.05) is 19.7 Å². The zero-order valence-corrected chi connectivity index (χ0v) is 12.0. The van der Waals surface area contributed by atoms with Crippen LogP contribution in [0.1, 0.15) is 12.5 Å². The van der Waals surface area contributed by atoms with Gasteiger partial charge in [0.05, 0.1) is 0 Å². The van der Waals surface area contributed by atoms with Crippen molar-refractivity contribution in [2.75, 3.05) is 19.4 Å². The second-order valence-corrected chi connectivity index (χ2v) is 4.89. The van der Waals surface area contributed by atoms with Gasteiger partial charge in [-0.25, -0.2) is 0 Å². The van der Waals surface area contributed by atoms with Crippen molar-refractivity contribution in [3.05, 3.63) is 29.8 Å². The molecule has 0 fully saturated rings. The number of carbonyl (C=O) groups excluding carboxylic acids is 1. The number of benzene rings is 1. The molecule has 1 N–H and O–H groups in total. The van der Waals surface area contributed by atoms with Crippen LogP contribution in [0.5, 0.6) is 0 Å². The van der Waals surface area contributed by atoms with Gasteiger partial charge in [-0.3, -0.25) is 4.79 Å². The van der Waals surface area contributed by atoms with Gasteiger partial charge in [-0.05, 0) is 13.8 Å². The molecule has 1 atom stereocenters. The molecule has 1 aromatic carbocycles. The fourth-order valence-electron chi connectivity index (χ4n) is 1.74. The molecule has 106 valence electrons. The summed E-state index contributed by atoms with van der Waals surface area (Å²) >= 11 is 0. The van der Waals surface area contributed by atoms with E-state index in [2.05, 4.69) is 15.5 Å². The molecule has 0 aliphatic carbocycles. The van der Waals surface area contributed by atoms with Crippen molar-refractivity contribution >= 4 is 11.9 Å². The third-order valence-electron chi connectivity index (χ3n) is 2.89. The van der Waals surface area contributed by atoms with Gasteiger partial charge >= 0.3 is 6.01 Å². The van der Waals surface area contributed by atoms with E-state index in [4.69, 9.17) is 4.52 Å². The van der Waals surface area contributed by atoms with Gasteiger partial charge in [0.25, 0.3) is 0 Å². The highest BCUT2D eigenvalue weighted by atomic mass is 16.5. The molecular weight excluding hydrogens is 256 g/mol. The lowest BCUT2D eigenvalue weighted by atomic mass is 10.1. The Morgan fingerprint density at radius 1 is 1.30 bits per heavy atom. The highest BCUT2D eigenvalue weighted by Gasteiger charge is 2.17. The fraction of sp³-hybridized carbons (Fsp3) is 0.357. The Morgan fingerprint density at radius 3 is 2.55 bits per heavy atom. The Balaban J connectivity index is 2.09. The van der Waals surface area contributed by atoms with E-state index in [-0.39, 0.29) is 11.9 Å². The minimum absolute atomic E-state index is 0.0555. The second-order valence-electron chi connectivity index (χ2n) is 4.89. The lowest BCUT2D eigenvalue weighted by Gasteiger charge is -2.16. The Kier molecular flexibility index (Phi) is 4.02.